The monoisotopic (exact) mass is 381 g/mol. The number of carbonyl (C=O) groups is 2. The molecule has 1 aliphatic carbocycles. The van der Waals surface area contributed by atoms with Gasteiger partial charge in [-0.1, -0.05) is 25.0 Å². The first-order valence-electron chi connectivity index (χ1n) is 10.1. The minimum absolute atomic E-state index is 0.0134. The number of aromatic nitrogens is 1. The maximum absolute atomic E-state index is 12.8. The third-order valence-electron chi connectivity index (χ3n) is 6.15. The molecule has 2 aliphatic rings. The Labute approximate surface area is 164 Å². The third-order valence-corrected chi connectivity index (χ3v) is 6.15. The molecule has 148 valence electrons. The summed E-state index contributed by atoms with van der Waals surface area (Å²) in [6, 6.07) is 9.25. The van der Waals surface area contributed by atoms with E-state index in [1.807, 2.05) is 27.7 Å². The van der Waals surface area contributed by atoms with E-state index in [1.54, 1.807) is 24.2 Å². The molecule has 4 rings (SSSR count). The van der Waals surface area contributed by atoms with Gasteiger partial charge in [-0.2, -0.15) is 0 Å². The third kappa shape index (κ3) is 3.68. The quantitative estimate of drug-likeness (QED) is 0.798. The smallest absolute Gasteiger partial charge is 0.242 e. The molecular weight excluding hydrogens is 354 g/mol. The predicted octanol–water partition coefficient (Wildman–Crippen LogP) is 2.25. The molecule has 6 heteroatoms. The number of fused-ring (bicyclic) bond motifs is 1. The fourth-order valence-corrected chi connectivity index (χ4v) is 4.65. The maximum Gasteiger partial charge on any atom is 0.242 e. The van der Waals surface area contributed by atoms with Crippen molar-refractivity contribution in [2.75, 3.05) is 20.1 Å². The highest BCUT2D eigenvalue weighted by molar-refractivity contribution is 5.82. The molecule has 1 aliphatic heterocycles. The maximum atomic E-state index is 12.8. The molecule has 2 heterocycles. The first kappa shape index (κ1) is 18.7. The number of pyridine rings is 1. The van der Waals surface area contributed by atoms with Gasteiger partial charge < -0.3 is 14.4 Å². The van der Waals surface area contributed by atoms with E-state index in [0.29, 0.717) is 24.4 Å². The molecule has 1 saturated heterocycles. The lowest BCUT2D eigenvalue weighted by atomic mass is 10.1. The second-order valence-electron chi connectivity index (χ2n) is 8.15. The first-order valence-corrected chi connectivity index (χ1v) is 10.1. The highest BCUT2D eigenvalue weighted by Gasteiger charge is 2.36. The Bertz CT molecular complexity index is 945. The molecule has 0 bridgehead atoms. The van der Waals surface area contributed by atoms with Crippen LogP contribution < -0.4 is 5.43 Å². The van der Waals surface area contributed by atoms with Crippen molar-refractivity contribution in [1.29, 1.82) is 0 Å². The van der Waals surface area contributed by atoms with Gasteiger partial charge in [0.1, 0.15) is 6.54 Å². The molecule has 0 N–H and O–H groups in total. The van der Waals surface area contributed by atoms with Gasteiger partial charge in [0, 0.05) is 56.2 Å². The zero-order chi connectivity index (χ0) is 19.7. The van der Waals surface area contributed by atoms with Crippen molar-refractivity contribution in [2.45, 2.75) is 44.7 Å². The number of benzene rings is 1. The van der Waals surface area contributed by atoms with Gasteiger partial charge in [0.05, 0.1) is 5.52 Å². The van der Waals surface area contributed by atoms with E-state index in [-0.39, 0.29) is 29.7 Å². The Balaban J connectivity index is 1.40. The zero-order valence-corrected chi connectivity index (χ0v) is 16.3. The van der Waals surface area contributed by atoms with E-state index in [2.05, 4.69) is 0 Å². The van der Waals surface area contributed by atoms with Gasteiger partial charge in [-0.3, -0.25) is 14.4 Å². The van der Waals surface area contributed by atoms with Gasteiger partial charge in [0.2, 0.25) is 11.8 Å². The number of rotatable bonds is 5. The molecule has 0 spiro atoms. The summed E-state index contributed by atoms with van der Waals surface area (Å²) in [5.74, 6) is 0.428. The van der Waals surface area contributed by atoms with Crippen LogP contribution >= 0.6 is 0 Å². The summed E-state index contributed by atoms with van der Waals surface area (Å²) < 4.78 is 1.82. The van der Waals surface area contributed by atoms with Crippen molar-refractivity contribution in [1.82, 2.24) is 14.4 Å². The molecule has 1 saturated carbocycles. The number of hydrogen-bond acceptors (Lipinski definition) is 3. The van der Waals surface area contributed by atoms with Crippen LogP contribution in [-0.4, -0.2) is 52.4 Å². The van der Waals surface area contributed by atoms with E-state index in [4.69, 9.17) is 0 Å². The van der Waals surface area contributed by atoms with Crippen LogP contribution in [0, 0.1) is 5.92 Å². The standard InChI is InChI=1S/C22H27N3O3/c1-23(13-16-12-21(27)25(14-16)17-6-2-3-7-17)22(28)15-24-11-10-20(26)18-8-4-5-9-19(18)24/h4-5,8-11,16-17H,2-3,6-7,12-15H2,1H3/t16-/m0/s1. The molecule has 28 heavy (non-hydrogen) atoms. The number of para-hydroxylation sites is 1. The summed E-state index contributed by atoms with van der Waals surface area (Å²) >= 11 is 0. The van der Waals surface area contributed by atoms with Crippen LogP contribution in [0.15, 0.2) is 41.3 Å². The van der Waals surface area contributed by atoms with Crippen molar-refractivity contribution in [2.24, 2.45) is 5.92 Å². The van der Waals surface area contributed by atoms with Gasteiger partial charge in [-0.15, -0.1) is 0 Å². The lowest BCUT2D eigenvalue weighted by molar-refractivity contribution is -0.131. The fraction of sp³-hybridized carbons (Fsp3) is 0.500. The molecule has 1 aromatic heterocycles. The molecule has 0 unspecified atom stereocenters. The fourth-order valence-electron chi connectivity index (χ4n) is 4.65. The predicted molar refractivity (Wildman–Crippen MR) is 108 cm³/mol. The van der Waals surface area contributed by atoms with Crippen LogP contribution in [0.2, 0.25) is 0 Å². The van der Waals surface area contributed by atoms with Crippen molar-refractivity contribution >= 4 is 22.7 Å². The van der Waals surface area contributed by atoms with Gasteiger partial charge in [0.25, 0.3) is 0 Å². The van der Waals surface area contributed by atoms with Crippen LogP contribution in [0.25, 0.3) is 10.9 Å². The van der Waals surface area contributed by atoms with Crippen LogP contribution in [0.5, 0.6) is 0 Å². The number of likely N-dealkylation sites (N-methyl/N-ethyl adjacent to an activating group) is 1. The number of likely N-dealkylation sites (tertiary alicyclic amines) is 1. The number of nitrogens with zero attached hydrogens (tertiary/aromatic N) is 3. The first-order chi connectivity index (χ1) is 13.5. The van der Waals surface area contributed by atoms with Gasteiger partial charge >= 0.3 is 0 Å². The van der Waals surface area contributed by atoms with Gasteiger partial charge in [0.15, 0.2) is 5.43 Å². The van der Waals surface area contributed by atoms with Crippen LogP contribution in [0.4, 0.5) is 0 Å². The topological polar surface area (TPSA) is 62.6 Å². The summed E-state index contributed by atoms with van der Waals surface area (Å²) in [5, 5.41) is 0.619. The van der Waals surface area contributed by atoms with Crippen molar-refractivity contribution in [3.8, 4) is 0 Å². The normalized spacial score (nSPS) is 20.2. The minimum atomic E-state index is -0.0378. The number of amides is 2. The summed E-state index contributed by atoms with van der Waals surface area (Å²) in [6.45, 7) is 1.54. The molecule has 2 fully saturated rings. The number of carbonyl (C=O) groups excluding carboxylic acids is 2. The van der Waals surface area contributed by atoms with Crippen molar-refractivity contribution in [3.05, 3.63) is 46.8 Å². The molecular formula is C22H27N3O3. The minimum Gasteiger partial charge on any atom is -0.344 e. The van der Waals surface area contributed by atoms with Crippen LogP contribution in [0.3, 0.4) is 0 Å². The van der Waals surface area contributed by atoms with Gasteiger partial charge in [-0.05, 0) is 25.0 Å². The van der Waals surface area contributed by atoms with Crippen LogP contribution in [-0.2, 0) is 16.1 Å². The highest BCUT2D eigenvalue weighted by Crippen LogP contribution is 2.29. The average molecular weight is 381 g/mol. The van der Waals surface area contributed by atoms with Crippen molar-refractivity contribution < 1.29 is 9.59 Å². The van der Waals surface area contributed by atoms with E-state index in [1.165, 1.54) is 18.9 Å². The Hall–Kier alpha value is -2.63. The van der Waals surface area contributed by atoms with E-state index in [9.17, 15) is 14.4 Å². The molecule has 1 atom stereocenters. The summed E-state index contributed by atoms with van der Waals surface area (Å²) in [7, 11) is 1.80. The lowest BCUT2D eigenvalue weighted by Crippen LogP contribution is -2.37. The molecule has 2 aromatic rings. The Morgan fingerprint density at radius 1 is 1.14 bits per heavy atom. The van der Waals surface area contributed by atoms with Crippen LogP contribution in [0.1, 0.15) is 32.1 Å². The van der Waals surface area contributed by atoms with Gasteiger partial charge in [-0.25, -0.2) is 0 Å². The summed E-state index contributed by atoms with van der Waals surface area (Å²) in [6.07, 6.45) is 6.88. The molecule has 0 radical (unpaired) electrons. The second kappa shape index (κ2) is 7.78. The average Bonchev–Trinajstić information content (AvgIpc) is 3.33. The largest absolute Gasteiger partial charge is 0.344 e. The summed E-state index contributed by atoms with van der Waals surface area (Å²) in [5.41, 5.74) is 0.726. The second-order valence-corrected chi connectivity index (χ2v) is 8.15. The highest BCUT2D eigenvalue weighted by atomic mass is 16.2. The molecule has 2 amide bonds. The SMILES string of the molecule is CN(C[C@@H]1CC(=O)N(C2CCCC2)C1)C(=O)Cn1ccc(=O)c2ccccc21. The Morgan fingerprint density at radius 2 is 1.89 bits per heavy atom. The van der Waals surface area contributed by atoms with E-state index >= 15 is 0 Å². The van der Waals surface area contributed by atoms with Crippen molar-refractivity contribution in [3.63, 3.8) is 0 Å². The Kier molecular flexibility index (Phi) is 5.20. The van der Waals surface area contributed by atoms with E-state index < -0.39 is 0 Å². The Morgan fingerprint density at radius 3 is 2.68 bits per heavy atom. The zero-order valence-electron chi connectivity index (χ0n) is 16.3. The lowest BCUT2D eigenvalue weighted by Gasteiger charge is -2.25. The number of hydrogen-bond donors (Lipinski definition) is 0. The molecule has 1 aromatic carbocycles. The van der Waals surface area contributed by atoms with E-state index in [0.717, 1.165) is 24.9 Å². The summed E-state index contributed by atoms with van der Waals surface area (Å²) in [4.78, 5) is 40.9. The molecule has 6 nitrogen and oxygen atoms in total.